The van der Waals surface area contributed by atoms with E-state index in [0.29, 0.717) is 5.75 Å². The van der Waals surface area contributed by atoms with E-state index in [1.165, 1.54) is 11.3 Å². The second-order valence-corrected chi connectivity index (χ2v) is 6.02. The highest BCUT2D eigenvalue weighted by molar-refractivity contribution is 7.17. The third-order valence-corrected chi connectivity index (χ3v) is 4.35. The van der Waals surface area contributed by atoms with E-state index in [0.717, 1.165) is 28.8 Å². The highest BCUT2D eigenvalue weighted by Crippen LogP contribution is 2.20. The lowest BCUT2D eigenvalue weighted by Crippen LogP contribution is -2.24. The van der Waals surface area contributed by atoms with Crippen LogP contribution in [0.4, 0.5) is 5.13 Å². The Kier molecular flexibility index (Phi) is 7.21. The molecule has 0 aliphatic carbocycles. The first kappa shape index (κ1) is 18.7. The second kappa shape index (κ2) is 9.63. The number of hydrogen-bond acceptors (Lipinski definition) is 7. The maximum atomic E-state index is 11.7. The maximum absolute atomic E-state index is 11.7. The molecule has 1 N–H and O–H groups in total. The average molecular weight is 362 g/mol. The number of benzene rings is 1. The number of hydrogen-bond donors (Lipinski definition) is 1. The van der Waals surface area contributed by atoms with Gasteiger partial charge in [0.05, 0.1) is 18.2 Å². The van der Waals surface area contributed by atoms with E-state index >= 15 is 0 Å². The largest absolute Gasteiger partial charge is 0.497 e. The lowest BCUT2D eigenvalue weighted by molar-refractivity contribution is -0.123. The smallest absolute Gasteiger partial charge is 0.277 e. The fourth-order valence-electron chi connectivity index (χ4n) is 2.00. The van der Waals surface area contributed by atoms with Gasteiger partial charge in [-0.25, -0.2) is 10.4 Å². The third kappa shape index (κ3) is 5.75. The summed E-state index contributed by atoms with van der Waals surface area (Å²) in [6.45, 7) is 5.86. The quantitative estimate of drug-likeness (QED) is 0.548. The SMILES string of the molecule is CCN(CC)c1ncc(/C=N/NC(=O)COc2ccc(OC)cc2)s1. The van der Waals surface area contributed by atoms with Crippen LogP contribution >= 0.6 is 11.3 Å². The fraction of sp³-hybridized carbons (Fsp3) is 0.353. The van der Waals surface area contributed by atoms with Crippen molar-refractivity contribution >= 4 is 28.6 Å². The van der Waals surface area contributed by atoms with Crippen molar-refractivity contribution in [2.24, 2.45) is 5.10 Å². The molecule has 1 aromatic heterocycles. The Morgan fingerprint density at radius 2 is 1.96 bits per heavy atom. The van der Waals surface area contributed by atoms with Gasteiger partial charge in [-0.05, 0) is 38.1 Å². The van der Waals surface area contributed by atoms with E-state index in [1.807, 2.05) is 0 Å². The van der Waals surface area contributed by atoms with Crippen molar-refractivity contribution < 1.29 is 14.3 Å². The first-order valence-electron chi connectivity index (χ1n) is 7.95. The number of nitrogens with zero attached hydrogens (tertiary/aromatic N) is 3. The summed E-state index contributed by atoms with van der Waals surface area (Å²) in [7, 11) is 1.59. The summed E-state index contributed by atoms with van der Waals surface area (Å²) in [4.78, 5) is 19.1. The molecule has 2 rings (SSSR count). The molecule has 0 aliphatic rings. The first-order chi connectivity index (χ1) is 12.2. The topological polar surface area (TPSA) is 76.1 Å². The van der Waals surface area contributed by atoms with Crippen LogP contribution < -0.4 is 19.8 Å². The number of carbonyl (C=O) groups excluding carboxylic acids is 1. The average Bonchev–Trinajstić information content (AvgIpc) is 3.10. The minimum Gasteiger partial charge on any atom is -0.497 e. The third-order valence-electron chi connectivity index (χ3n) is 3.36. The molecular weight excluding hydrogens is 340 g/mol. The van der Waals surface area contributed by atoms with Crippen molar-refractivity contribution in [3.8, 4) is 11.5 Å². The number of rotatable bonds is 9. The summed E-state index contributed by atoms with van der Waals surface area (Å²) < 4.78 is 10.4. The Hall–Kier alpha value is -2.61. The summed E-state index contributed by atoms with van der Waals surface area (Å²) in [5.74, 6) is 0.988. The number of ether oxygens (including phenoxy) is 2. The maximum Gasteiger partial charge on any atom is 0.277 e. The minimum absolute atomic E-state index is 0.114. The Bertz CT molecular complexity index is 696. The lowest BCUT2D eigenvalue weighted by Gasteiger charge is -2.16. The summed E-state index contributed by atoms with van der Waals surface area (Å²) in [5.41, 5.74) is 2.44. The van der Waals surface area contributed by atoms with Crippen molar-refractivity contribution in [1.82, 2.24) is 10.4 Å². The number of amides is 1. The molecule has 8 heteroatoms. The lowest BCUT2D eigenvalue weighted by atomic mass is 10.3. The number of carbonyl (C=O) groups is 1. The van der Waals surface area contributed by atoms with Crippen molar-refractivity contribution in [3.63, 3.8) is 0 Å². The van der Waals surface area contributed by atoms with Gasteiger partial charge in [0.2, 0.25) is 0 Å². The molecule has 0 atom stereocenters. The molecule has 0 saturated carbocycles. The molecule has 0 fully saturated rings. The zero-order valence-electron chi connectivity index (χ0n) is 14.6. The molecule has 1 aromatic carbocycles. The van der Waals surface area contributed by atoms with Gasteiger partial charge in [-0.2, -0.15) is 5.10 Å². The second-order valence-electron chi connectivity index (χ2n) is 4.97. The standard InChI is InChI=1S/C17H22N4O3S/c1-4-21(5-2)17-18-10-15(25-17)11-19-20-16(22)12-24-14-8-6-13(23-3)7-9-14/h6-11H,4-5,12H2,1-3H3,(H,20,22)/b19-11+. The van der Waals surface area contributed by atoms with E-state index in [9.17, 15) is 4.79 Å². The van der Waals surface area contributed by atoms with E-state index in [2.05, 4.69) is 34.3 Å². The zero-order valence-corrected chi connectivity index (χ0v) is 15.4. The van der Waals surface area contributed by atoms with Crippen molar-refractivity contribution in [1.29, 1.82) is 0 Å². The summed E-state index contributed by atoms with van der Waals surface area (Å²) in [5, 5.41) is 4.88. The first-order valence-corrected chi connectivity index (χ1v) is 8.77. The van der Waals surface area contributed by atoms with E-state index < -0.39 is 0 Å². The molecule has 25 heavy (non-hydrogen) atoms. The number of hydrazone groups is 1. The zero-order chi connectivity index (χ0) is 18.1. The highest BCUT2D eigenvalue weighted by atomic mass is 32.1. The van der Waals surface area contributed by atoms with Gasteiger partial charge in [-0.15, -0.1) is 0 Å². The molecule has 0 aliphatic heterocycles. The van der Waals surface area contributed by atoms with Crippen molar-refractivity contribution in [2.45, 2.75) is 13.8 Å². The molecule has 0 saturated heterocycles. The van der Waals surface area contributed by atoms with Gasteiger partial charge < -0.3 is 14.4 Å². The molecule has 0 unspecified atom stereocenters. The Morgan fingerprint density at radius 3 is 2.60 bits per heavy atom. The van der Waals surface area contributed by atoms with Crippen LogP contribution in [-0.4, -0.2) is 43.9 Å². The highest BCUT2D eigenvalue weighted by Gasteiger charge is 2.06. The Balaban J connectivity index is 1.78. The van der Waals surface area contributed by atoms with Crippen LogP contribution in [0.15, 0.2) is 35.6 Å². The van der Waals surface area contributed by atoms with E-state index in [4.69, 9.17) is 9.47 Å². The van der Waals surface area contributed by atoms with E-state index in [1.54, 1.807) is 43.8 Å². The van der Waals surface area contributed by atoms with Gasteiger partial charge >= 0.3 is 0 Å². The molecular formula is C17H22N4O3S. The van der Waals surface area contributed by atoms with Gasteiger partial charge in [0.1, 0.15) is 11.5 Å². The van der Waals surface area contributed by atoms with Gasteiger partial charge in [-0.1, -0.05) is 11.3 Å². The van der Waals surface area contributed by atoms with Crippen LogP contribution in [0.3, 0.4) is 0 Å². The molecule has 1 amide bonds. The fourth-order valence-corrected chi connectivity index (χ4v) is 2.91. The molecule has 0 radical (unpaired) electrons. The number of anilines is 1. The van der Waals surface area contributed by atoms with Gasteiger partial charge in [0.15, 0.2) is 11.7 Å². The normalized spacial score (nSPS) is 10.7. The number of nitrogens with one attached hydrogen (secondary N) is 1. The minimum atomic E-state index is -0.333. The molecule has 0 bridgehead atoms. The summed E-state index contributed by atoms with van der Waals surface area (Å²) >= 11 is 1.53. The van der Waals surface area contributed by atoms with Crippen molar-refractivity contribution in [3.05, 3.63) is 35.3 Å². The molecule has 0 spiro atoms. The summed E-state index contributed by atoms with van der Waals surface area (Å²) in [6, 6.07) is 7.01. The Labute approximate surface area is 151 Å². The van der Waals surface area contributed by atoms with Crippen LogP contribution in [0.5, 0.6) is 11.5 Å². The van der Waals surface area contributed by atoms with Gasteiger partial charge in [0.25, 0.3) is 5.91 Å². The van der Waals surface area contributed by atoms with Crippen molar-refractivity contribution in [2.75, 3.05) is 31.7 Å². The van der Waals surface area contributed by atoms with Crippen LogP contribution in [-0.2, 0) is 4.79 Å². The van der Waals surface area contributed by atoms with Gasteiger partial charge in [0, 0.05) is 19.3 Å². The van der Waals surface area contributed by atoms with Crippen LogP contribution in [0, 0.1) is 0 Å². The van der Waals surface area contributed by atoms with E-state index in [-0.39, 0.29) is 12.5 Å². The Morgan fingerprint density at radius 1 is 1.28 bits per heavy atom. The van der Waals surface area contributed by atoms with Crippen LogP contribution in [0.1, 0.15) is 18.7 Å². The molecule has 1 heterocycles. The monoisotopic (exact) mass is 362 g/mol. The molecule has 2 aromatic rings. The summed E-state index contributed by atoms with van der Waals surface area (Å²) in [6.07, 6.45) is 3.32. The number of aromatic nitrogens is 1. The van der Waals surface area contributed by atoms with Crippen LogP contribution in [0.2, 0.25) is 0 Å². The molecule has 7 nitrogen and oxygen atoms in total. The van der Waals surface area contributed by atoms with Crippen LogP contribution in [0.25, 0.3) is 0 Å². The number of methoxy groups -OCH3 is 1. The molecule has 134 valence electrons. The predicted molar refractivity (Wildman–Crippen MR) is 99.9 cm³/mol. The predicted octanol–water partition coefficient (Wildman–Crippen LogP) is 2.53. The van der Waals surface area contributed by atoms with Gasteiger partial charge in [-0.3, -0.25) is 4.79 Å². The number of thiazole rings is 1.